The Morgan fingerprint density at radius 1 is 1.00 bits per heavy atom. The number of hydrogen-bond donors (Lipinski definition) is 1. The molecule has 0 fully saturated rings. The second-order valence-electron chi connectivity index (χ2n) is 6.43. The highest BCUT2D eigenvalue weighted by Gasteiger charge is 2.15. The number of sulfonamides is 1. The summed E-state index contributed by atoms with van der Waals surface area (Å²) in [6.45, 7) is 7.88. The topological polar surface area (TPSA) is 58.5 Å². The molecule has 5 heteroatoms. The number of nitrogens with zero attached hydrogens (tertiary/aromatic N) is 1. The average molecular weight is 330 g/mol. The van der Waals surface area contributed by atoms with Crippen LogP contribution in [0.3, 0.4) is 0 Å². The van der Waals surface area contributed by atoms with Gasteiger partial charge in [0.15, 0.2) is 0 Å². The fourth-order valence-electron chi connectivity index (χ4n) is 1.89. The molecule has 0 saturated heterocycles. The molecule has 0 amide bonds. The predicted molar refractivity (Wildman–Crippen MR) is 95.8 cm³/mol. The lowest BCUT2D eigenvalue weighted by Crippen LogP contribution is -2.15. The van der Waals surface area contributed by atoms with E-state index >= 15 is 0 Å². The summed E-state index contributed by atoms with van der Waals surface area (Å²) in [5.74, 6) is 0. The predicted octanol–water partition coefficient (Wildman–Crippen LogP) is 4.01. The summed E-state index contributed by atoms with van der Waals surface area (Å²) in [5.41, 5.74) is 2.05. The summed E-state index contributed by atoms with van der Waals surface area (Å²) in [5, 5.41) is 0. The number of nitrogens with one attached hydrogen (secondary N) is 1. The number of anilines is 1. The van der Waals surface area contributed by atoms with Crippen molar-refractivity contribution < 1.29 is 8.42 Å². The maximum Gasteiger partial charge on any atom is 0.261 e. The second-order valence-corrected chi connectivity index (χ2v) is 8.12. The first kappa shape index (κ1) is 17.2. The van der Waals surface area contributed by atoms with Crippen LogP contribution in [0.1, 0.15) is 31.9 Å². The van der Waals surface area contributed by atoms with Gasteiger partial charge in [0.1, 0.15) is 0 Å². The standard InChI is InChI=1S/C18H22N2O2S/c1-14-9-11-16(12-10-14)23(21,22)20-17-8-6-5-7-15(17)13-19-18(2,3)4/h5-13,20H,1-4H3. The Kier molecular flexibility index (Phi) is 4.90. The quantitative estimate of drug-likeness (QED) is 0.861. The van der Waals surface area contributed by atoms with E-state index in [1.165, 1.54) is 0 Å². The lowest BCUT2D eigenvalue weighted by atomic mass is 10.1. The molecular formula is C18H22N2O2S. The van der Waals surface area contributed by atoms with E-state index in [2.05, 4.69) is 9.71 Å². The van der Waals surface area contributed by atoms with Crippen molar-refractivity contribution in [1.82, 2.24) is 0 Å². The van der Waals surface area contributed by atoms with Crippen LogP contribution in [0.4, 0.5) is 5.69 Å². The number of benzene rings is 2. The van der Waals surface area contributed by atoms with Crippen molar-refractivity contribution in [1.29, 1.82) is 0 Å². The van der Waals surface area contributed by atoms with Crippen LogP contribution in [0.5, 0.6) is 0 Å². The molecule has 0 saturated carbocycles. The molecule has 0 spiro atoms. The molecule has 0 heterocycles. The molecule has 4 nitrogen and oxygen atoms in total. The summed E-state index contributed by atoms with van der Waals surface area (Å²) in [7, 11) is -3.62. The first-order valence-corrected chi connectivity index (χ1v) is 8.89. The number of hydrogen-bond acceptors (Lipinski definition) is 3. The number of rotatable bonds is 4. The minimum absolute atomic E-state index is 0.219. The summed E-state index contributed by atoms with van der Waals surface area (Å²) in [4.78, 5) is 4.68. The van der Waals surface area contributed by atoms with E-state index in [-0.39, 0.29) is 10.4 Å². The molecule has 122 valence electrons. The Morgan fingerprint density at radius 2 is 1.61 bits per heavy atom. The van der Waals surface area contributed by atoms with Crippen LogP contribution < -0.4 is 4.72 Å². The molecule has 0 aliphatic rings. The van der Waals surface area contributed by atoms with E-state index in [1.54, 1.807) is 42.6 Å². The molecule has 0 bridgehead atoms. The van der Waals surface area contributed by atoms with E-state index in [0.29, 0.717) is 5.69 Å². The zero-order chi connectivity index (χ0) is 17.1. The number of para-hydroxylation sites is 1. The van der Waals surface area contributed by atoms with Gasteiger partial charge in [-0.2, -0.15) is 0 Å². The maximum atomic E-state index is 12.5. The maximum absolute atomic E-state index is 12.5. The molecule has 0 aromatic heterocycles. The van der Waals surface area contributed by atoms with Crippen molar-refractivity contribution >= 4 is 21.9 Å². The number of aliphatic imine (C=N–C) groups is 1. The van der Waals surface area contributed by atoms with E-state index in [9.17, 15) is 8.42 Å². The van der Waals surface area contributed by atoms with Gasteiger partial charge in [-0.25, -0.2) is 8.42 Å². The zero-order valence-electron chi connectivity index (χ0n) is 13.9. The molecule has 2 rings (SSSR count). The van der Waals surface area contributed by atoms with Crippen LogP contribution in [-0.4, -0.2) is 20.2 Å². The Bertz CT molecular complexity index is 802. The van der Waals surface area contributed by atoms with Crippen LogP contribution in [0, 0.1) is 6.92 Å². The van der Waals surface area contributed by atoms with Gasteiger partial charge in [-0.3, -0.25) is 9.71 Å². The lowest BCUT2D eigenvalue weighted by Gasteiger charge is -2.13. The van der Waals surface area contributed by atoms with Crippen LogP contribution in [0.25, 0.3) is 0 Å². The Labute approximate surface area is 138 Å². The highest BCUT2D eigenvalue weighted by Crippen LogP contribution is 2.20. The van der Waals surface area contributed by atoms with Gasteiger partial charge in [0.2, 0.25) is 0 Å². The smallest absolute Gasteiger partial charge is 0.261 e. The average Bonchev–Trinajstić information content (AvgIpc) is 2.45. The van der Waals surface area contributed by atoms with Gasteiger partial charge in [0.05, 0.1) is 16.1 Å². The van der Waals surface area contributed by atoms with Crippen molar-refractivity contribution in [3.8, 4) is 0 Å². The summed E-state index contributed by atoms with van der Waals surface area (Å²) < 4.78 is 27.7. The van der Waals surface area contributed by atoms with E-state index < -0.39 is 10.0 Å². The van der Waals surface area contributed by atoms with Crippen molar-refractivity contribution in [3.63, 3.8) is 0 Å². The summed E-state index contributed by atoms with van der Waals surface area (Å²) in [6.07, 6.45) is 1.70. The zero-order valence-corrected chi connectivity index (χ0v) is 14.7. The fraction of sp³-hybridized carbons (Fsp3) is 0.278. The largest absolute Gasteiger partial charge is 0.287 e. The van der Waals surface area contributed by atoms with Crippen LogP contribution in [-0.2, 0) is 10.0 Å². The van der Waals surface area contributed by atoms with Gasteiger partial charge < -0.3 is 0 Å². The molecule has 0 radical (unpaired) electrons. The van der Waals surface area contributed by atoms with Crippen molar-refractivity contribution in [2.24, 2.45) is 4.99 Å². The minimum Gasteiger partial charge on any atom is -0.287 e. The first-order chi connectivity index (χ1) is 10.7. The van der Waals surface area contributed by atoms with Gasteiger partial charge in [-0.1, -0.05) is 35.9 Å². The molecule has 23 heavy (non-hydrogen) atoms. The first-order valence-electron chi connectivity index (χ1n) is 7.41. The van der Waals surface area contributed by atoms with Gasteiger partial charge in [-0.05, 0) is 45.9 Å². The SMILES string of the molecule is Cc1ccc(S(=O)(=O)Nc2ccccc2C=NC(C)(C)C)cc1. The highest BCUT2D eigenvalue weighted by atomic mass is 32.2. The molecule has 0 aliphatic heterocycles. The second kappa shape index (κ2) is 6.54. The molecule has 0 aliphatic carbocycles. The fourth-order valence-corrected chi connectivity index (χ4v) is 2.97. The highest BCUT2D eigenvalue weighted by molar-refractivity contribution is 7.92. The molecular weight excluding hydrogens is 308 g/mol. The van der Waals surface area contributed by atoms with Crippen molar-refractivity contribution in [2.45, 2.75) is 38.1 Å². The monoisotopic (exact) mass is 330 g/mol. The van der Waals surface area contributed by atoms with Crippen molar-refractivity contribution in [3.05, 3.63) is 59.7 Å². The van der Waals surface area contributed by atoms with E-state index in [4.69, 9.17) is 0 Å². The van der Waals surface area contributed by atoms with E-state index in [1.807, 2.05) is 39.8 Å². The minimum atomic E-state index is -3.62. The molecule has 0 atom stereocenters. The summed E-state index contributed by atoms with van der Waals surface area (Å²) >= 11 is 0. The van der Waals surface area contributed by atoms with Gasteiger partial charge in [0, 0.05) is 11.8 Å². The third-order valence-corrected chi connectivity index (χ3v) is 4.51. The van der Waals surface area contributed by atoms with Gasteiger partial charge in [-0.15, -0.1) is 0 Å². The van der Waals surface area contributed by atoms with Crippen LogP contribution in [0.15, 0.2) is 58.4 Å². The third-order valence-electron chi connectivity index (χ3n) is 3.13. The Balaban J connectivity index is 2.33. The molecule has 2 aromatic carbocycles. The van der Waals surface area contributed by atoms with Crippen LogP contribution >= 0.6 is 0 Å². The summed E-state index contributed by atoms with van der Waals surface area (Å²) in [6, 6.07) is 14.0. The van der Waals surface area contributed by atoms with E-state index in [0.717, 1.165) is 11.1 Å². The van der Waals surface area contributed by atoms with Crippen LogP contribution in [0.2, 0.25) is 0 Å². The molecule has 2 aromatic rings. The Hall–Kier alpha value is -2.14. The normalized spacial score (nSPS) is 12.5. The van der Waals surface area contributed by atoms with Crippen molar-refractivity contribution in [2.75, 3.05) is 4.72 Å². The van der Waals surface area contributed by atoms with Gasteiger partial charge in [0.25, 0.3) is 10.0 Å². The van der Waals surface area contributed by atoms with Gasteiger partial charge >= 0.3 is 0 Å². The Morgan fingerprint density at radius 3 is 2.22 bits per heavy atom. The lowest BCUT2D eigenvalue weighted by molar-refractivity contribution is 0.587. The number of aryl methyl sites for hydroxylation is 1. The molecule has 0 unspecified atom stereocenters. The molecule has 1 N–H and O–H groups in total. The third kappa shape index (κ3) is 4.93.